The number of esters is 6. The molecular formula is C18H24O12. The van der Waals surface area contributed by atoms with Crippen molar-refractivity contribution in [2.45, 2.75) is 0 Å². The second kappa shape index (κ2) is 10.6. The topological polar surface area (TPSA) is 158 Å². The van der Waals surface area contributed by atoms with Crippen LogP contribution in [0.3, 0.4) is 0 Å². The molecule has 12 nitrogen and oxygen atoms in total. The van der Waals surface area contributed by atoms with Crippen molar-refractivity contribution < 1.29 is 57.2 Å². The summed E-state index contributed by atoms with van der Waals surface area (Å²) in [6, 6.07) is 0. The minimum atomic E-state index is -1.72. The van der Waals surface area contributed by atoms with Gasteiger partial charge in [-0.2, -0.15) is 0 Å². The summed E-state index contributed by atoms with van der Waals surface area (Å²) in [7, 11) is 5.90. The van der Waals surface area contributed by atoms with Crippen LogP contribution in [0.25, 0.3) is 0 Å². The maximum atomic E-state index is 12.6. The molecule has 1 rings (SSSR count). The van der Waals surface area contributed by atoms with Gasteiger partial charge < -0.3 is 28.4 Å². The number of rotatable bonds is 6. The lowest BCUT2D eigenvalue weighted by molar-refractivity contribution is -0.196. The summed E-state index contributed by atoms with van der Waals surface area (Å²) in [4.78, 5) is 75.8. The summed E-state index contributed by atoms with van der Waals surface area (Å²) < 4.78 is 28.3. The average molecular weight is 432 g/mol. The van der Waals surface area contributed by atoms with Gasteiger partial charge in [-0.15, -0.1) is 0 Å². The Morgan fingerprint density at radius 2 is 0.433 bits per heavy atom. The average Bonchev–Trinajstić information content (AvgIpc) is 2.78. The van der Waals surface area contributed by atoms with Crippen molar-refractivity contribution in [3.8, 4) is 0 Å². The van der Waals surface area contributed by atoms with Gasteiger partial charge in [0, 0.05) is 0 Å². The molecule has 1 aliphatic rings. The van der Waals surface area contributed by atoms with Gasteiger partial charge in [-0.3, -0.25) is 28.8 Å². The van der Waals surface area contributed by atoms with Crippen LogP contribution in [0.15, 0.2) is 0 Å². The molecule has 1 fully saturated rings. The second-order valence-electron chi connectivity index (χ2n) is 6.29. The lowest BCUT2D eigenvalue weighted by atomic mass is 9.56. The van der Waals surface area contributed by atoms with Crippen molar-refractivity contribution in [2.75, 3.05) is 42.7 Å². The highest BCUT2D eigenvalue weighted by atomic mass is 16.6. The lowest BCUT2D eigenvalue weighted by Gasteiger charge is -2.44. The van der Waals surface area contributed by atoms with Crippen LogP contribution >= 0.6 is 0 Å². The Hall–Kier alpha value is -3.18. The van der Waals surface area contributed by atoms with Crippen molar-refractivity contribution >= 4 is 35.8 Å². The molecule has 0 bridgehead atoms. The Morgan fingerprint density at radius 3 is 0.500 bits per heavy atom. The van der Waals surface area contributed by atoms with E-state index >= 15 is 0 Å². The normalized spacial score (nSPS) is 27.8. The fourth-order valence-electron chi connectivity index (χ4n) is 3.92. The first kappa shape index (κ1) is 24.9. The van der Waals surface area contributed by atoms with Crippen molar-refractivity contribution in [1.82, 2.24) is 0 Å². The van der Waals surface area contributed by atoms with E-state index in [9.17, 15) is 28.8 Å². The molecule has 0 unspecified atom stereocenters. The highest BCUT2D eigenvalue weighted by Crippen LogP contribution is 2.49. The number of methoxy groups -OCH3 is 6. The summed E-state index contributed by atoms with van der Waals surface area (Å²) in [5, 5.41) is 0. The van der Waals surface area contributed by atoms with Crippen LogP contribution < -0.4 is 0 Å². The van der Waals surface area contributed by atoms with Crippen molar-refractivity contribution in [3.63, 3.8) is 0 Å². The van der Waals surface area contributed by atoms with Gasteiger partial charge in [0.25, 0.3) is 0 Å². The van der Waals surface area contributed by atoms with Gasteiger partial charge in [0.1, 0.15) is 0 Å². The van der Waals surface area contributed by atoms with Gasteiger partial charge in [0.15, 0.2) is 0 Å². The molecule has 12 heteroatoms. The SMILES string of the molecule is COC(=O)[C@H]1[C@H](C(=O)OC)[C@@H](C(=O)OC)[C@H](C(=O)OC)[C@@H](C(=O)OC)[C@@H]1C(=O)OC. The van der Waals surface area contributed by atoms with Gasteiger partial charge >= 0.3 is 35.8 Å². The van der Waals surface area contributed by atoms with E-state index in [0.717, 1.165) is 42.7 Å². The highest BCUT2D eigenvalue weighted by molar-refractivity contribution is 5.98. The molecule has 1 aliphatic carbocycles. The smallest absolute Gasteiger partial charge is 0.310 e. The molecule has 1 saturated carbocycles. The van der Waals surface area contributed by atoms with E-state index in [0.29, 0.717) is 0 Å². The molecule has 30 heavy (non-hydrogen) atoms. The summed E-state index contributed by atoms with van der Waals surface area (Å²) in [6.07, 6.45) is 0. The van der Waals surface area contributed by atoms with E-state index in [2.05, 4.69) is 0 Å². The van der Waals surface area contributed by atoms with E-state index in [1.54, 1.807) is 0 Å². The predicted molar refractivity (Wildman–Crippen MR) is 93.0 cm³/mol. The van der Waals surface area contributed by atoms with Crippen molar-refractivity contribution in [3.05, 3.63) is 0 Å². The van der Waals surface area contributed by atoms with Gasteiger partial charge in [0.2, 0.25) is 0 Å². The Balaban J connectivity index is 3.97. The number of ether oxygens (including phenoxy) is 6. The van der Waals surface area contributed by atoms with Crippen LogP contribution in [0.2, 0.25) is 0 Å². The number of hydrogen-bond acceptors (Lipinski definition) is 12. The fraction of sp³-hybridized carbons (Fsp3) is 0.667. The fourth-order valence-corrected chi connectivity index (χ4v) is 3.92. The van der Waals surface area contributed by atoms with Crippen LogP contribution in [-0.4, -0.2) is 78.5 Å². The number of carbonyl (C=O) groups excluding carboxylic acids is 6. The Morgan fingerprint density at radius 1 is 0.333 bits per heavy atom. The first-order valence-electron chi connectivity index (χ1n) is 8.63. The van der Waals surface area contributed by atoms with Crippen LogP contribution in [0, 0.1) is 35.5 Å². The van der Waals surface area contributed by atoms with Crippen LogP contribution in [0.5, 0.6) is 0 Å². The van der Waals surface area contributed by atoms with Crippen LogP contribution in [0.1, 0.15) is 0 Å². The summed E-state index contributed by atoms with van der Waals surface area (Å²) in [5.41, 5.74) is 0. The molecule has 0 atom stereocenters. The monoisotopic (exact) mass is 432 g/mol. The quantitative estimate of drug-likeness (QED) is 0.363. The van der Waals surface area contributed by atoms with Crippen molar-refractivity contribution in [1.29, 1.82) is 0 Å². The third-order valence-electron chi connectivity index (χ3n) is 5.16. The van der Waals surface area contributed by atoms with E-state index < -0.39 is 71.3 Å². The van der Waals surface area contributed by atoms with Crippen molar-refractivity contribution in [2.24, 2.45) is 35.5 Å². The maximum absolute atomic E-state index is 12.6. The number of carbonyl (C=O) groups is 6. The molecular weight excluding hydrogens is 408 g/mol. The van der Waals surface area contributed by atoms with Gasteiger partial charge in [0.05, 0.1) is 78.2 Å². The zero-order chi connectivity index (χ0) is 23.2. The molecule has 0 aromatic rings. The van der Waals surface area contributed by atoms with Gasteiger partial charge in [-0.25, -0.2) is 0 Å². The first-order valence-corrected chi connectivity index (χ1v) is 8.63. The standard InChI is InChI=1S/C18H24O12/c1-25-13(19)7-8(14(20)26-2)10(16(22)28-4)12(18(24)30-6)11(17(23)29-5)9(7)15(21)27-3/h7-12H,1-6H3/t7-,8-,9+,10+,11-,12-. The first-order chi connectivity index (χ1) is 14.2. The maximum Gasteiger partial charge on any atom is 0.310 e. The molecule has 0 aliphatic heterocycles. The molecule has 0 amide bonds. The lowest BCUT2D eigenvalue weighted by Crippen LogP contribution is -2.60. The summed E-state index contributed by atoms with van der Waals surface area (Å²) in [6.45, 7) is 0. The predicted octanol–water partition coefficient (Wildman–Crippen LogP) is -1.26. The molecule has 168 valence electrons. The van der Waals surface area contributed by atoms with E-state index in [4.69, 9.17) is 28.4 Å². The van der Waals surface area contributed by atoms with E-state index in [-0.39, 0.29) is 0 Å². The summed E-state index contributed by atoms with van der Waals surface area (Å²) in [5.74, 6) is -16.9. The minimum absolute atomic E-state index is 0.984. The molecule has 0 aromatic heterocycles. The Kier molecular flexibility index (Phi) is 8.75. The van der Waals surface area contributed by atoms with Crippen LogP contribution in [-0.2, 0) is 57.2 Å². The molecule has 0 radical (unpaired) electrons. The largest absolute Gasteiger partial charge is 0.469 e. The summed E-state index contributed by atoms with van der Waals surface area (Å²) >= 11 is 0. The molecule has 0 saturated heterocycles. The van der Waals surface area contributed by atoms with E-state index in [1.807, 2.05) is 0 Å². The van der Waals surface area contributed by atoms with Gasteiger partial charge in [-0.1, -0.05) is 0 Å². The molecule has 0 spiro atoms. The van der Waals surface area contributed by atoms with E-state index in [1.165, 1.54) is 0 Å². The molecule has 0 heterocycles. The zero-order valence-corrected chi connectivity index (χ0v) is 17.4. The third-order valence-corrected chi connectivity index (χ3v) is 5.16. The molecule has 0 N–H and O–H groups in total. The van der Waals surface area contributed by atoms with Gasteiger partial charge in [-0.05, 0) is 0 Å². The third kappa shape index (κ3) is 4.36. The highest BCUT2D eigenvalue weighted by Gasteiger charge is 2.66. The minimum Gasteiger partial charge on any atom is -0.469 e. The number of hydrogen-bond donors (Lipinski definition) is 0. The second-order valence-corrected chi connectivity index (χ2v) is 6.29. The van der Waals surface area contributed by atoms with Crippen LogP contribution in [0.4, 0.5) is 0 Å². The Bertz CT molecular complexity index is 547. The zero-order valence-electron chi connectivity index (χ0n) is 17.4. The molecule has 0 aromatic carbocycles. The Labute approximate surface area is 172 Å².